The average molecular weight is 427 g/mol. The first-order valence-electron chi connectivity index (χ1n) is 8.73. The molecule has 2 aromatic carbocycles. The molecule has 6 nitrogen and oxygen atoms in total. The van der Waals surface area contributed by atoms with Crippen molar-refractivity contribution in [3.63, 3.8) is 0 Å². The minimum atomic E-state index is -3.64. The Morgan fingerprint density at radius 1 is 1.21 bits per heavy atom. The Bertz CT molecular complexity index is 991. The van der Waals surface area contributed by atoms with Crippen LogP contribution in [0.25, 0.3) is 0 Å². The number of halogens is 2. The van der Waals surface area contributed by atoms with Crippen molar-refractivity contribution < 1.29 is 22.3 Å². The quantitative estimate of drug-likeness (QED) is 0.767. The largest absolute Gasteiger partial charge is 0.495 e. The summed E-state index contributed by atoms with van der Waals surface area (Å²) >= 11 is 5.72. The van der Waals surface area contributed by atoms with Gasteiger partial charge in [0.05, 0.1) is 24.1 Å². The number of carbonyl (C=O) groups excluding carboxylic acids is 1. The van der Waals surface area contributed by atoms with E-state index in [0.717, 1.165) is 18.9 Å². The minimum Gasteiger partial charge on any atom is -0.495 e. The lowest BCUT2D eigenvalue weighted by Gasteiger charge is -2.17. The number of benzene rings is 2. The van der Waals surface area contributed by atoms with Gasteiger partial charge in [0.2, 0.25) is 15.9 Å². The van der Waals surface area contributed by atoms with E-state index in [4.69, 9.17) is 16.3 Å². The van der Waals surface area contributed by atoms with Crippen molar-refractivity contribution in [2.45, 2.75) is 24.2 Å². The lowest BCUT2D eigenvalue weighted by Crippen LogP contribution is -2.28. The second kappa shape index (κ2) is 8.46. The molecular weight excluding hydrogens is 407 g/mol. The number of hydrogen-bond acceptors (Lipinski definition) is 4. The molecule has 0 saturated carbocycles. The summed E-state index contributed by atoms with van der Waals surface area (Å²) in [5.74, 6) is -0.777. The minimum absolute atomic E-state index is 0.0724. The molecule has 0 bridgehead atoms. The number of anilines is 1. The molecule has 3 rings (SSSR count). The Morgan fingerprint density at radius 2 is 1.93 bits per heavy atom. The summed E-state index contributed by atoms with van der Waals surface area (Å²) in [7, 11) is -2.23. The predicted molar refractivity (Wildman–Crippen MR) is 105 cm³/mol. The first kappa shape index (κ1) is 20.6. The molecule has 0 spiro atoms. The SMILES string of the molecule is COc1ccc(S(=O)(=O)N2CCCC2)cc1NC(=O)Cc1ccc(Cl)cc1F. The molecule has 1 aliphatic heterocycles. The van der Waals surface area contributed by atoms with Crippen molar-refractivity contribution in [2.24, 2.45) is 0 Å². The smallest absolute Gasteiger partial charge is 0.243 e. The highest BCUT2D eigenvalue weighted by atomic mass is 35.5. The van der Waals surface area contributed by atoms with Crippen LogP contribution in [-0.2, 0) is 21.2 Å². The fourth-order valence-electron chi connectivity index (χ4n) is 3.06. The van der Waals surface area contributed by atoms with Crippen LogP contribution in [0, 0.1) is 5.82 Å². The molecule has 0 unspecified atom stereocenters. The molecule has 0 radical (unpaired) electrons. The van der Waals surface area contributed by atoms with Crippen LogP contribution in [0.5, 0.6) is 5.75 Å². The van der Waals surface area contributed by atoms with Gasteiger partial charge in [0.1, 0.15) is 11.6 Å². The maximum atomic E-state index is 13.9. The summed E-state index contributed by atoms with van der Waals surface area (Å²) in [6.45, 7) is 0.956. The number of nitrogens with one attached hydrogen (secondary N) is 1. The molecule has 0 aliphatic carbocycles. The first-order chi connectivity index (χ1) is 13.3. The van der Waals surface area contributed by atoms with E-state index >= 15 is 0 Å². The zero-order valence-corrected chi connectivity index (χ0v) is 16.8. The van der Waals surface area contributed by atoms with Crippen molar-refractivity contribution in [1.82, 2.24) is 4.31 Å². The molecule has 1 amide bonds. The number of amides is 1. The van der Waals surface area contributed by atoms with Gasteiger partial charge in [0.15, 0.2) is 0 Å². The van der Waals surface area contributed by atoms with E-state index in [1.165, 1.54) is 41.7 Å². The van der Waals surface area contributed by atoms with Gasteiger partial charge in [0.25, 0.3) is 0 Å². The van der Waals surface area contributed by atoms with E-state index in [2.05, 4.69) is 5.32 Å². The Balaban J connectivity index is 1.83. The molecule has 1 fully saturated rings. The summed E-state index contributed by atoms with van der Waals surface area (Å²) in [6.07, 6.45) is 1.42. The van der Waals surface area contributed by atoms with Gasteiger partial charge in [0, 0.05) is 18.1 Å². The number of rotatable bonds is 6. The Labute approximate surface area is 168 Å². The molecule has 28 heavy (non-hydrogen) atoms. The fraction of sp³-hybridized carbons (Fsp3) is 0.316. The third-order valence-electron chi connectivity index (χ3n) is 4.51. The number of ether oxygens (including phenoxy) is 1. The highest BCUT2D eigenvalue weighted by Crippen LogP contribution is 2.30. The van der Waals surface area contributed by atoms with Crippen LogP contribution in [-0.4, -0.2) is 38.8 Å². The number of hydrogen-bond donors (Lipinski definition) is 1. The summed E-state index contributed by atoms with van der Waals surface area (Å²) < 4.78 is 46.0. The average Bonchev–Trinajstić information content (AvgIpc) is 3.19. The molecule has 2 aromatic rings. The molecule has 9 heteroatoms. The van der Waals surface area contributed by atoms with E-state index in [9.17, 15) is 17.6 Å². The number of methoxy groups -OCH3 is 1. The molecule has 0 atom stereocenters. The van der Waals surface area contributed by atoms with E-state index in [1.807, 2.05) is 0 Å². The van der Waals surface area contributed by atoms with E-state index < -0.39 is 21.7 Å². The number of carbonyl (C=O) groups is 1. The molecule has 1 aliphatic rings. The van der Waals surface area contributed by atoms with Crippen LogP contribution >= 0.6 is 11.6 Å². The zero-order valence-electron chi connectivity index (χ0n) is 15.2. The second-order valence-electron chi connectivity index (χ2n) is 6.43. The summed E-state index contributed by atoms with van der Waals surface area (Å²) in [6, 6.07) is 8.36. The Kier molecular flexibility index (Phi) is 6.22. The lowest BCUT2D eigenvalue weighted by molar-refractivity contribution is -0.115. The van der Waals surface area contributed by atoms with Crippen LogP contribution < -0.4 is 10.1 Å². The van der Waals surface area contributed by atoms with Gasteiger partial charge in [-0.2, -0.15) is 4.31 Å². The van der Waals surface area contributed by atoms with Gasteiger partial charge in [-0.3, -0.25) is 4.79 Å². The van der Waals surface area contributed by atoms with Gasteiger partial charge in [-0.1, -0.05) is 17.7 Å². The summed E-state index contributed by atoms with van der Waals surface area (Å²) in [4.78, 5) is 12.5. The molecule has 150 valence electrons. The number of nitrogens with zero attached hydrogens (tertiary/aromatic N) is 1. The molecule has 0 aromatic heterocycles. The van der Waals surface area contributed by atoms with Crippen molar-refractivity contribution in [2.75, 3.05) is 25.5 Å². The van der Waals surface area contributed by atoms with Gasteiger partial charge in [-0.25, -0.2) is 12.8 Å². The van der Waals surface area contributed by atoms with Gasteiger partial charge < -0.3 is 10.1 Å². The third-order valence-corrected chi connectivity index (χ3v) is 6.64. The van der Waals surface area contributed by atoms with E-state index in [0.29, 0.717) is 18.8 Å². The number of sulfonamides is 1. The van der Waals surface area contributed by atoms with Gasteiger partial charge in [-0.15, -0.1) is 0 Å². The first-order valence-corrected chi connectivity index (χ1v) is 10.5. The second-order valence-corrected chi connectivity index (χ2v) is 8.81. The molecule has 1 N–H and O–H groups in total. The standard InChI is InChI=1S/C19H20ClFN2O4S/c1-27-18-7-6-15(28(25,26)23-8-2-3-9-23)12-17(18)22-19(24)10-13-4-5-14(20)11-16(13)21/h4-7,11-12H,2-3,8-10H2,1H3,(H,22,24). The topological polar surface area (TPSA) is 75.7 Å². The Hall–Kier alpha value is -2.16. The van der Waals surface area contributed by atoms with Crippen molar-refractivity contribution in [1.29, 1.82) is 0 Å². The van der Waals surface area contributed by atoms with Crippen LogP contribution in [0.3, 0.4) is 0 Å². The van der Waals surface area contributed by atoms with Gasteiger partial charge >= 0.3 is 0 Å². The fourth-order valence-corrected chi connectivity index (χ4v) is 4.76. The lowest BCUT2D eigenvalue weighted by atomic mass is 10.1. The monoisotopic (exact) mass is 426 g/mol. The highest BCUT2D eigenvalue weighted by molar-refractivity contribution is 7.89. The molecule has 1 heterocycles. The van der Waals surface area contributed by atoms with Gasteiger partial charge in [-0.05, 0) is 48.7 Å². The van der Waals surface area contributed by atoms with E-state index in [-0.39, 0.29) is 27.6 Å². The van der Waals surface area contributed by atoms with Crippen molar-refractivity contribution in [3.8, 4) is 5.75 Å². The maximum absolute atomic E-state index is 13.9. The van der Waals surface area contributed by atoms with Crippen LogP contribution in [0.15, 0.2) is 41.3 Å². The zero-order chi connectivity index (χ0) is 20.3. The predicted octanol–water partition coefficient (Wildman–Crippen LogP) is 3.45. The summed E-state index contributed by atoms with van der Waals surface area (Å²) in [5.41, 5.74) is 0.392. The van der Waals surface area contributed by atoms with Crippen LogP contribution in [0.4, 0.5) is 10.1 Å². The molecular formula is C19H20ClFN2O4S. The van der Waals surface area contributed by atoms with Crippen LogP contribution in [0.2, 0.25) is 5.02 Å². The van der Waals surface area contributed by atoms with Crippen molar-refractivity contribution >= 4 is 33.2 Å². The Morgan fingerprint density at radius 3 is 2.57 bits per heavy atom. The third kappa shape index (κ3) is 4.45. The summed E-state index contributed by atoms with van der Waals surface area (Å²) in [5, 5.41) is 2.85. The maximum Gasteiger partial charge on any atom is 0.243 e. The highest BCUT2D eigenvalue weighted by Gasteiger charge is 2.28. The molecule has 1 saturated heterocycles. The van der Waals surface area contributed by atoms with Crippen LogP contribution in [0.1, 0.15) is 18.4 Å². The normalized spacial score (nSPS) is 14.8. The van der Waals surface area contributed by atoms with E-state index in [1.54, 1.807) is 0 Å². The van der Waals surface area contributed by atoms with Crippen molar-refractivity contribution in [3.05, 3.63) is 52.8 Å².